The van der Waals surface area contributed by atoms with E-state index >= 15 is 0 Å². The molecule has 4 nitrogen and oxygen atoms in total. The molecule has 1 unspecified atom stereocenters. The van der Waals surface area contributed by atoms with Crippen LogP contribution >= 0.6 is 27.3 Å². The van der Waals surface area contributed by atoms with Crippen molar-refractivity contribution in [3.05, 3.63) is 33.7 Å². The summed E-state index contributed by atoms with van der Waals surface area (Å²) in [6, 6.07) is 5.72. The summed E-state index contributed by atoms with van der Waals surface area (Å²) in [7, 11) is 1.62. The average Bonchev–Trinajstić information content (AvgIpc) is 2.87. The number of hydrogen-bond acceptors (Lipinski definition) is 5. The van der Waals surface area contributed by atoms with Crippen LogP contribution in [0, 0.1) is 0 Å². The summed E-state index contributed by atoms with van der Waals surface area (Å²) < 4.78 is 6.26. The van der Waals surface area contributed by atoms with Crippen molar-refractivity contribution in [2.24, 2.45) is 5.73 Å². The van der Waals surface area contributed by atoms with Gasteiger partial charge in [-0.25, -0.2) is 4.98 Å². The zero-order valence-corrected chi connectivity index (χ0v) is 12.2. The Kier molecular flexibility index (Phi) is 4.34. The molecule has 0 radical (unpaired) electrons. The fourth-order valence-corrected chi connectivity index (χ4v) is 2.78. The third-order valence-corrected chi connectivity index (χ3v) is 3.87. The van der Waals surface area contributed by atoms with Gasteiger partial charge >= 0.3 is 0 Å². The summed E-state index contributed by atoms with van der Waals surface area (Å²) in [6.45, 7) is 0.165. The van der Waals surface area contributed by atoms with Gasteiger partial charge in [-0.3, -0.25) is 0 Å². The van der Waals surface area contributed by atoms with E-state index in [2.05, 4.69) is 20.9 Å². The normalized spacial score (nSPS) is 12.4. The second-order valence-corrected chi connectivity index (χ2v) is 5.45. The van der Waals surface area contributed by atoms with Crippen LogP contribution in [0.2, 0.25) is 0 Å². The van der Waals surface area contributed by atoms with E-state index in [0.29, 0.717) is 5.69 Å². The predicted molar refractivity (Wildman–Crippen MR) is 75.8 cm³/mol. The topological polar surface area (TPSA) is 68.4 Å². The van der Waals surface area contributed by atoms with Crippen LogP contribution in [0.4, 0.5) is 0 Å². The smallest absolute Gasteiger partial charge is 0.129 e. The highest BCUT2D eigenvalue weighted by atomic mass is 79.9. The van der Waals surface area contributed by atoms with E-state index in [1.165, 1.54) is 11.3 Å². The summed E-state index contributed by atoms with van der Waals surface area (Å²) in [6.07, 6.45) is -0.715. The summed E-state index contributed by atoms with van der Waals surface area (Å²) in [5.74, 6) is 0.751. The number of rotatable bonds is 4. The van der Waals surface area contributed by atoms with Crippen LogP contribution in [0.5, 0.6) is 5.75 Å². The number of hydrogen-bond donors (Lipinski definition) is 2. The molecule has 1 aromatic carbocycles. The number of nitrogens with zero attached hydrogens (tertiary/aromatic N) is 1. The molecule has 18 heavy (non-hydrogen) atoms. The maximum absolute atomic E-state index is 9.65. The maximum Gasteiger partial charge on any atom is 0.129 e. The molecule has 0 aliphatic rings. The quantitative estimate of drug-likeness (QED) is 0.905. The van der Waals surface area contributed by atoms with Crippen molar-refractivity contribution in [3.63, 3.8) is 0 Å². The number of nitrogens with two attached hydrogens (primary N) is 1. The van der Waals surface area contributed by atoms with Crippen LogP contribution < -0.4 is 10.5 Å². The molecule has 1 atom stereocenters. The Morgan fingerprint density at radius 2 is 2.33 bits per heavy atom. The molecule has 0 aliphatic carbocycles. The molecule has 96 valence electrons. The Balaban J connectivity index is 2.42. The number of thiazole rings is 1. The average molecular weight is 329 g/mol. The molecule has 0 bridgehead atoms. The minimum Gasteiger partial charge on any atom is -0.496 e. The van der Waals surface area contributed by atoms with Gasteiger partial charge in [-0.2, -0.15) is 0 Å². The highest BCUT2D eigenvalue weighted by Gasteiger charge is 2.14. The van der Waals surface area contributed by atoms with E-state index < -0.39 is 6.10 Å². The van der Waals surface area contributed by atoms with Crippen molar-refractivity contribution in [1.82, 2.24) is 4.98 Å². The van der Waals surface area contributed by atoms with Crippen LogP contribution in [-0.2, 0) is 0 Å². The van der Waals surface area contributed by atoms with Gasteiger partial charge < -0.3 is 15.6 Å². The molecular weight excluding hydrogens is 316 g/mol. The minimum atomic E-state index is -0.715. The standard InChI is InChI=1S/C12H13BrN2O2S/c1-17-11-3-2-7(13)4-8(11)12-15-9(6-18-12)10(16)5-14/h2-4,6,10,16H,5,14H2,1H3. The Morgan fingerprint density at radius 3 is 3.00 bits per heavy atom. The fourth-order valence-electron chi connectivity index (χ4n) is 1.53. The van der Waals surface area contributed by atoms with Crippen molar-refractivity contribution in [1.29, 1.82) is 0 Å². The first-order valence-corrected chi connectivity index (χ1v) is 7.00. The first kappa shape index (κ1) is 13.5. The molecule has 0 fully saturated rings. The lowest BCUT2D eigenvalue weighted by Crippen LogP contribution is -2.11. The van der Waals surface area contributed by atoms with Crippen LogP contribution in [-0.4, -0.2) is 23.7 Å². The fraction of sp³-hybridized carbons (Fsp3) is 0.250. The van der Waals surface area contributed by atoms with Gasteiger partial charge in [0.2, 0.25) is 0 Å². The van der Waals surface area contributed by atoms with Crippen molar-refractivity contribution in [2.45, 2.75) is 6.10 Å². The van der Waals surface area contributed by atoms with E-state index in [1.807, 2.05) is 23.6 Å². The lowest BCUT2D eigenvalue weighted by Gasteiger charge is -2.06. The molecule has 0 amide bonds. The number of aliphatic hydroxyl groups is 1. The molecule has 0 saturated carbocycles. The third kappa shape index (κ3) is 2.72. The Hall–Kier alpha value is -0.950. The largest absolute Gasteiger partial charge is 0.496 e. The van der Waals surface area contributed by atoms with E-state index in [9.17, 15) is 5.11 Å². The summed E-state index contributed by atoms with van der Waals surface area (Å²) >= 11 is 4.88. The monoisotopic (exact) mass is 328 g/mol. The number of aliphatic hydroxyl groups excluding tert-OH is 1. The van der Waals surface area contributed by atoms with Crippen molar-refractivity contribution < 1.29 is 9.84 Å². The summed E-state index contributed by atoms with van der Waals surface area (Å²) in [5.41, 5.74) is 6.91. The lowest BCUT2D eigenvalue weighted by atomic mass is 10.2. The van der Waals surface area contributed by atoms with Gasteiger partial charge in [0, 0.05) is 16.4 Å². The molecule has 0 saturated heterocycles. The molecule has 2 rings (SSSR count). The van der Waals surface area contributed by atoms with Gasteiger partial charge in [0.15, 0.2) is 0 Å². The predicted octanol–water partition coefficient (Wildman–Crippen LogP) is 2.57. The Bertz CT molecular complexity index is 545. The summed E-state index contributed by atoms with van der Waals surface area (Å²) in [5, 5.41) is 12.3. The van der Waals surface area contributed by atoms with Gasteiger partial charge in [-0.1, -0.05) is 15.9 Å². The van der Waals surface area contributed by atoms with E-state index in [4.69, 9.17) is 10.5 Å². The Labute approximate surface area is 118 Å². The SMILES string of the molecule is COc1ccc(Br)cc1-c1nc(C(O)CN)cs1. The first-order valence-electron chi connectivity index (χ1n) is 5.33. The molecule has 0 spiro atoms. The second kappa shape index (κ2) is 5.79. The van der Waals surface area contributed by atoms with Gasteiger partial charge in [-0.15, -0.1) is 11.3 Å². The molecule has 2 aromatic rings. The van der Waals surface area contributed by atoms with E-state index in [0.717, 1.165) is 20.8 Å². The number of benzene rings is 1. The number of halogens is 1. The van der Waals surface area contributed by atoms with Gasteiger partial charge in [0.1, 0.15) is 16.9 Å². The van der Waals surface area contributed by atoms with E-state index in [-0.39, 0.29) is 6.54 Å². The van der Waals surface area contributed by atoms with Crippen LogP contribution in [0.3, 0.4) is 0 Å². The molecule has 0 aliphatic heterocycles. The van der Waals surface area contributed by atoms with Crippen LogP contribution in [0.15, 0.2) is 28.1 Å². The minimum absolute atomic E-state index is 0.165. The van der Waals surface area contributed by atoms with Crippen LogP contribution in [0.1, 0.15) is 11.8 Å². The number of methoxy groups -OCH3 is 1. The molecule has 3 N–H and O–H groups in total. The second-order valence-electron chi connectivity index (χ2n) is 3.67. The lowest BCUT2D eigenvalue weighted by molar-refractivity contribution is 0.182. The molecular formula is C12H13BrN2O2S. The number of ether oxygens (including phenoxy) is 1. The molecule has 1 aromatic heterocycles. The highest BCUT2D eigenvalue weighted by Crippen LogP contribution is 2.35. The zero-order valence-electron chi connectivity index (χ0n) is 9.76. The van der Waals surface area contributed by atoms with Gasteiger partial charge in [-0.05, 0) is 18.2 Å². The Morgan fingerprint density at radius 1 is 1.56 bits per heavy atom. The summed E-state index contributed by atoms with van der Waals surface area (Å²) in [4.78, 5) is 4.39. The van der Waals surface area contributed by atoms with Crippen molar-refractivity contribution >= 4 is 27.3 Å². The van der Waals surface area contributed by atoms with Crippen LogP contribution in [0.25, 0.3) is 10.6 Å². The highest BCUT2D eigenvalue weighted by molar-refractivity contribution is 9.10. The molecule has 1 heterocycles. The maximum atomic E-state index is 9.65. The zero-order chi connectivity index (χ0) is 13.1. The van der Waals surface area contributed by atoms with Gasteiger partial charge in [0.05, 0.1) is 18.4 Å². The van der Waals surface area contributed by atoms with Crippen molar-refractivity contribution in [3.8, 4) is 16.3 Å². The first-order chi connectivity index (χ1) is 8.65. The third-order valence-electron chi connectivity index (χ3n) is 2.48. The van der Waals surface area contributed by atoms with E-state index in [1.54, 1.807) is 7.11 Å². The molecule has 6 heteroatoms. The van der Waals surface area contributed by atoms with Gasteiger partial charge in [0.25, 0.3) is 0 Å². The van der Waals surface area contributed by atoms with Crippen molar-refractivity contribution in [2.75, 3.05) is 13.7 Å². The number of aromatic nitrogens is 1.